The summed E-state index contributed by atoms with van der Waals surface area (Å²) in [6.45, 7) is 2.05. The van der Waals surface area contributed by atoms with Crippen molar-refractivity contribution in [3.05, 3.63) is 66.2 Å². The van der Waals surface area contributed by atoms with Gasteiger partial charge in [0.25, 0.3) is 6.01 Å². The lowest BCUT2D eigenvalue weighted by Gasteiger charge is -2.24. The van der Waals surface area contributed by atoms with Gasteiger partial charge in [0, 0.05) is 32.3 Å². The second-order valence-corrected chi connectivity index (χ2v) is 8.02. The van der Waals surface area contributed by atoms with E-state index in [9.17, 15) is 9.90 Å². The maximum atomic E-state index is 11.4. The molecule has 3 atom stereocenters. The molecule has 0 fully saturated rings. The minimum atomic E-state index is -3.07. The van der Waals surface area contributed by atoms with Crippen LogP contribution in [0.5, 0.6) is 5.75 Å². The van der Waals surface area contributed by atoms with E-state index in [1.54, 1.807) is 42.2 Å². The Morgan fingerprint density at radius 2 is 2.14 bits per heavy atom. The standard InChI is InChI=1S/C28H34N2O6/c1-3-25(27(31)32)35-23-9-6-8-20(18-23)19-30(28-29-24-10-4-5-11-26(24)36-28)16-7-17-34-22-14-12-21(33-2)13-15-22/h4-6,8-12,14,18,21-22,25H,3,7,13,15-17,19H2,1-2H3,(H,31,32)/t21?,22?,25-/m1/s1/i12D,13D2,15D2,21D,22D. The second kappa shape index (κ2) is 12.6. The number of methoxy groups -OCH3 is 1. The fraction of sp³-hybridized carbons (Fsp3) is 0.429. The van der Waals surface area contributed by atoms with Gasteiger partial charge in [-0.3, -0.25) is 0 Å². The third-order valence-corrected chi connectivity index (χ3v) is 5.42. The summed E-state index contributed by atoms with van der Waals surface area (Å²) < 4.78 is 80.3. The Morgan fingerprint density at radius 1 is 1.31 bits per heavy atom. The Balaban J connectivity index is 1.53. The van der Waals surface area contributed by atoms with Crippen LogP contribution >= 0.6 is 0 Å². The van der Waals surface area contributed by atoms with E-state index in [-0.39, 0.29) is 32.5 Å². The van der Waals surface area contributed by atoms with Gasteiger partial charge in [-0.05, 0) is 55.4 Å². The van der Waals surface area contributed by atoms with Crippen molar-refractivity contribution in [1.29, 1.82) is 0 Å². The molecule has 192 valence electrons. The molecule has 0 aliphatic heterocycles. The van der Waals surface area contributed by atoms with Gasteiger partial charge in [-0.1, -0.05) is 43.3 Å². The Labute approximate surface area is 221 Å². The molecule has 0 amide bonds. The van der Waals surface area contributed by atoms with E-state index in [2.05, 4.69) is 4.98 Å². The van der Waals surface area contributed by atoms with E-state index in [0.717, 1.165) is 18.7 Å². The number of benzene rings is 2. The number of aromatic nitrogens is 1. The number of hydrogen-bond acceptors (Lipinski definition) is 7. The highest BCUT2D eigenvalue weighted by Gasteiger charge is 2.19. The van der Waals surface area contributed by atoms with Gasteiger partial charge in [-0.15, -0.1) is 0 Å². The van der Waals surface area contributed by atoms with Crippen molar-refractivity contribution in [3.63, 3.8) is 0 Å². The molecular formula is C28H34N2O6. The van der Waals surface area contributed by atoms with Crippen LogP contribution in [-0.4, -0.2) is 54.6 Å². The number of anilines is 1. The van der Waals surface area contributed by atoms with Gasteiger partial charge in [-0.25, -0.2) is 4.79 Å². The smallest absolute Gasteiger partial charge is 0.344 e. The number of hydrogen-bond donors (Lipinski definition) is 1. The minimum absolute atomic E-state index is 0.197. The van der Waals surface area contributed by atoms with Crippen LogP contribution in [-0.2, 0) is 20.8 Å². The lowest BCUT2D eigenvalue weighted by atomic mass is 10.0. The predicted molar refractivity (Wildman–Crippen MR) is 137 cm³/mol. The third-order valence-electron chi connectivity index (χ3n) is 5.42. The quantitative estimate of drug-likeness (QED) is 0.252. The summed E-state index contributed by atoms with van der Waals surface area (Å²) in [6.07, 6.45) is -11.0. The van der Waals surface area contributed by atoms with E-state index in [0.29, 0.717) is 22.9 Å². The van der Waals surface area contributed by atoms with Gasteiger partial charge in [0.15, 0.2) is 11.7 Å². The third kappa shape index (κ3) is 6.86. The highest BCUT2D eigenvalue weighted by molar-refractivity contribution is 5.74. The van der Waals surface area contributed by atoms with Gasteiger partial charge in [-0.2, -0.15) is 4.98 Å². The first-order chi connectivity index (χ1) is 20.2. The Kier molecular flexibility index (Phi) is 6.27. The van der Waals surface area contributed by atoms with Crippen molar-refractivity contribution in [3.8, 4) is 5.75 Å². The summed E-state index contributed by atoms with van der Waals surface area (Å²) in [7, 11) is 1.01. The minimum Gasteiger partial charge on any atom is -0.479 e. The van der Waals surface area contributed by atoms with Crippen LogP contribution in [0.3, 0.4) is 0 Å². The SMILES string of the molecule is [2H]C1=CC([2H])(OCCCN(Cc2cccc(O[C@H](CC)C(=O)O)c2)c2nc3ccccc3o2)C([2H])([2H])C([2H])([2H])C1([2H])OC. The molecule has 4 rings (SSSR count). The van der Waals surface area contributed by atoms with Crippen LogP contribution in [0.1, 0.15) is 47.7 Å². The predicted octanol–water partition coefficient (Wildman–Crippen LogP) is 5.22. The van der Waals surface area contributed by atoms with Crippen LogP contribution in [0, 0.1) is 0 Å². The van der Waals surface area contributed by atoms with Crippen molar-refractivity contribution < 1.29 is 38.1 Å². The number of para-hydroxylation sites is 2. The first kappa shape index (κ1) is 18.0. The van der Waals surface area contributed by atoms with Crippen molar-refractivity contribution in [2.45, 2.75) is 57.3 Å². The van der Waals surface area contributed by atoms with E-state index in [4.69, 9.17) is 28.2 Å². The average Bonchev–Trinajstić information content (AvgIpc) is 3.40. The summed E-state index contributed by atoms with van der Waals surface area (Å²) in [5.41, 5.74) is 1.97. The molecule has 0 saturated heterocycles. The fourth-order valence-corrected chi connectivity index (χ4v) is 3.59. The van der Waals surface area contributed by atoms with Crippen LogP contribution in [0.2, 0.25) is 0 Å². The molecular weight excluding hydrogens is 460 g/mol. The maximum absolute atomic E-state index is 11.4. The summed E-state index contributed by atoms with van der Waals surface area (Å²) in [4.78, 5) is 17.8. The summed E-state index contributed by atoms with van der Waals surface area (Å²) in [5.74, 6) is -0.677. The molecule has 1 N–H and O–H groups in total. The van der Waals surface area contributed by atoms with E-state index < -0.39 is 43.0 Å². The molecule has 3 aromatic rings. The number of aliphatic carboxylic acids is 1. The van der Waals surface area contributed by atoms with Gasteiger partial charge in [0.2, 0.25) is 0 Å². The Hall–Kier alpha value is -3.36. The highest BCUT2D eigenvalue weighted by Crippen LogP contribution is 2.25. The number of carboxylic acids is 1. The van der Waals surface area contributed by atoms with Gasteiger partial charge in [0.1, 0.15) is 11.3 Å². The van der Waals surface area contributed by atoms with Crippen molar-refractivity contribution in [1.82, 2.24) is 4.98 Å². The zero-order valence-electron chi connectivity index (χ0n) is 27.2. The molecule has 1 heterocycles. The molecule has 1 aliphatic carbocycles. The molecule has 0 bridgehead atoms. The second-order valence-electron chi connectivity index (χ2n) is 8.02. The molecule has 0 saturated carbocycles. The van der Waals surface area contributed by atoms with E-state index >= 15 is 0 Å². The van der Waals surface area contributed by atoms with Crippen molar-refractivity contribution in [2.75, 3.05) is 25.2 Å². The normalized spacial score (nSPS) is 28.3. The number of fused-ring (bicyclic) bond motifs is 1. The first-order valence-corrected chi connectivity index (χ1v) is 11.7. The zero-order chi connectivity index (χ0) is 31.6. The molecule has 2 aromatic carbocycles. The molecule has 8 nitrogen and oxygen atoms in total. The average molecular weight is 502 g/mol. The molecule has 1 aliphatic rings. The number of ether oxygens (including phenoxy) is 3. The Morgan fingerprint density at radius 3 is 2.92 bits per heavy atom. The molecule has 0 spiro atoms. The van der Waals surface area contributed by atoms with Gasteiger partial charge >= 0.3 is 5.97 Å². The zero-order valence-corrected chi connectivity index (χ0v) is 20.2. The van der Waals surface area contributed by atoms with E-state index in [1.807, 2.05) is 18.2 Å². The molecule has 36 heavy (non-hydrogen) atoms. The lowest BCUT2D eigenvalue weighted by molar-refractivity contribution is -0.145. The lowest BCUT2D eigenvalue weighted by Crippen LogP contribution is -2.27. The Bertz CT molecular complexity index is 1450. The highest BCUT2D eigenvalue weighted by atomic mass is 16.5. The summed E-state index contributed by atoms with van der Waals surface area (Å²) in [6, 6.07) is 13.8. The van der Waals surface area contributed by atoms with E-state index in [1.165, 1.54) is 0 Å². The first-order valence-electron chi connectivity index (χ1n) is 15.2. The monoisotopic (exact) mass is 501 g/mol. The van der Waals surface area contributed by atoms with Gasteiger partial charge in [0.05, 0.1) is 16.3 Å². The summed E-state index contributed by atoms with van der Waals surface area (Å²) in [5, 5.41) is 9.36. The molecule has 0 radical (unpaired) electrons. The van der Waals surface area contributed by atoms with Crippen molar-refractivity contribution in [2.24, 2.45) is 0 Å². The van der Waals surface area contributed by atoms with Crippen LogP contribution in [0.25, 0.3) is 11.1 Å². The van der Waals surface area contributed by atoms with Crippen LogP contribution in [0.15, 0.2) is 65.1 Å². The topological polar surface area (TPSA) is 94.3 Å². The van der Waals surface area contributed by atoms with Crippen LogP contribution < -0.4 is 9.64 Å². The summed E-state index contributed by atoms with van der Waals surface area (Å²) >= 11 is 0. The number of carboxylic acid groups (broad SMARTS) is 1. The number of oxazole rings is 1. The largest absolute Gasteiger partial charge is 0.479 e. The van der Waals surface area contributed by atoms with Crippen LogP contribution in [0.4, 0.5) is 6.01 Å². The number of nitrogens with zero attached hydrogens (tertiary/aromatic N) is 2. The molecule has 1 aromatic heterocycles. The molecule has 2 unspecified atom stereocenters. The van der Waals surface area contributed by atoms with Gasteiger partial charge < -0.3 is 28.6 Å². The molecule has 8 heteroatoms. The number of carbonyl (C=O) groups is 1. The fourth-order valence-electron chi connectivity index (χ4n) is 3.59. The maximum Gasteiger partial charge on any atom is 0.344 e. The van der Waals surface area contributed by atoms with Crippen molar-refractivity contribution >= 4 is 23.1 Å². The number of rotatable bonds is 13.